The van der Waals surface area contributed by atoms with E-state index < -0.39 is 23.1 Å². The maximum atomic E-state index is 15.0. The number of pyridine rings is 1. The number of aryl methyl sites for hydroxylation is 3. The SMILES string of the molecule is Cc1ccc(-c2cc(-c3c(O)[n+](Cc4cnc(C)s4)c4c(C)cccn4c3=O)ccc2F)c(C(F)(F)F)c1. The van der Waals surface area contributed by atoms with E-state index in [1.807, 2.05) is 6.92 Å². The van der Waals surface area contributed by atoms with Gasteiger partial charge in [0.25, 0.3) is 11.5 Å². The summed E-state index contributed by atoms with van der Waals surface area (Å²) in [6.45, 7) is 5.37. The molecular weight excluding hydrogens is 518 g/mol. The molecule has 3 heterocycles. The third-order valence-corrected chi connectivity index (χ3v) is 7.24. The van der Waals surface area contributed by atoms with Gasteiger partial charge < -0.3 is 5.11 Å². The van der Waals surface area contributed by atoms with E-state index in [0.717, 1.165) is 27.6 Å². The van der Waals surface area contributed by atoms with E-state index >= 15 is 0 Å². The number of thiazole rings is 1. The lowest BCUT2D eigenvalue weighted by molar-refractivity contribution is -0.671. The van der Waals surface area contributed by atoms with Crippen LogP contribution in [0.5, 0.6) is 5.88 Å². The van der Waals surface area contributed by atoms with Crippen molar-refractivity contribution in [2.24, 2.45) is 0 Å². The van der Waals surface area contributed by atoms with E-state index in [0.29, 0.717) is 11.2 Å². The molecule has 0 aliphatic heterocycles. The minimum Gasteiger partial charge on any atom is -0.477 e. The lowest BCUT2D eigenvalue weighted by Crippen LogP contribution is -2.41. The molecule has 5 nitrogen and oxygen atoms in total. The van der Waals surface area contributed by atoms with Gasteiger partial charge in [-0.25, -0.2) is 14.2 Å². The molecule has 0 atom stereocenters. The molecule has 1 N–H and O–H groups in total. The molecule has 0 aliphatic carbocycles. The molecule has 38 heavy (non-hydrogen) atoms. The summed E-state index contributed by atoms with van der Waals surface area (Å²) in [5, 5.41) is 12.3. The fourth-order valence-electron chi connectivity index (χ4n) is 4.62. The highest BCUT2D eigenvalue weighted by atomic mass is 32.1. The van der Waals surface area contributed by atoms with Crippen molar-refractivity contribution in [2.75, 3.05) is 0 Å². The van der Waals surface area contributed by atoms with E-state index in [1.165, 1.54) is 46.9 Å². The average Bonchev–Trinajstić information content (AvgIpc) is 3.27. The number of aromatic nitrogens is 3. The number of alkyl halides is 3. The molecule has 10 heteroatoms. The molecule has 0 unspecified atom stereocenters. The standard InChI is InChI=1S/C28H21F4N3O2S/c1-15-6-8-20(22(11-15)28(30,31)32)21-12-18(7-9-23(21)29)24-26(36)34-10-4-5-16(2)25(34)35(27(24)37)14-19-13-33-17(3)38-19/h4-13H,14H2,1-3H3/p+1. The van der Waals surface area contributed by atoms with E-state index in [9.17, 15) is 27.5 Å². The second-order valence-electron chi connectivity index (χ2n) is 9.06. The molecule has 0 saturated carbocycles. The highest BCUT2D eigenvalue weighted by Gasteiger charge is 2.35. The first-order valence-electron chi connectivity index (χ1n) is 11.6. The molecule has 0 fully saturated rings. The van der Waals surface area contributed by atoms with Crippen LogP contribution in [0, 0.1) is 26.6 Å². The zero-order valence-electron chi connectivity index (χ0n) is 20.6. The van der Waals surface area contributed by atoms with Gasteiger partial charge in [0.1, 0.15) is 12.4 Å². The van der Waals surface area contributed by atoms with Crippen LogP contribution in [-0.2, 0) is 12.7 Å². The van der Waals surface area contributed by atoms with Crippen LogP contribution in [0.4, 0.5) is 17.6 Å². The minimum absolute atomic E-state index is 0.0859. The Balaban J connectivity index is 1.79. The van der Waals surface area contributed by atoms with Gasteiger partial charge in [-0.3, -0.25) is 0 Å². The van der Waals surface area contributed by atoms with Gasteiger partial charge in [0.15, 0.2) is 5.56 Å². The largest absolute Gasteiger partial charge is 0.477 e. The number of fused-ring (bicyclic) bond motifs is 1. The Labute approximate surface area is 218 Å². The summed E-state index contributed by atoms with van der Waals surface area (Å²) in [7, 11) is 0. The third kappa shape index (κ3) is 4.45. The summed E-state index contributed by atoms with van der Waals surface area (Å²) in [5.41, 5.74) is -0.780. The Kier molecular flexibility index (Phi) is 6.30. The van der Waals surface area contributed by atoms with Crippen LogP contribution < -0.4 is 10.1 Å². The van der Waals surface area contributed by atoms with Crippen LogP contribution in [0.15, 0.2) is 65.7 Å². The summed E-state index contributed by atoms with van der Waals surface area (Å²) >= 11 is 1.43. The lowest BCUT2D eigenvalue weighted by Gasteiger charge is -2.16. The van der Waals surface area contributed by atoms with Crippen molar-refractivity contribution in [3.05, 3.63) is 104 Å². The number of halogens is 4. The van der Waals surface area contributed by atoms with Crippen molar-refractivity contribution in [3.8, 4) is 28.1 Å². The third-order valence-electron chi connectivity index (χ3n) is 6.34. The van der Waals surface area contributed by atoms with Gasteiger partial charge in [0.05, 0.1) is 21.6 Å². The molecule has 5 aromatic rings. The van der Waals surface area contributed by atoms with Crippen molar-refractivity contribution in [2.45, 2.75) is 33.5 Å². The predicted molar refractivity (Wildman–Crippen MR) is 137 cm³/mol. The average molecular weight is 541 g/mol. The first-order valence-corrected chi connectivity index (χ1v) is 12.4. The molecule has 0 radical (unpaired) electrons. The number of aromatic hydroxyl groups is 1. The Bertz CT molecular complexity index is 1770. The summed E-state index contributed by atoms with van der Waals surface area (Å²) in [6, 6.07) is 10.6. The summed E-state index contributed by atoms with van der Waals surface area (Å²) < 4.78 is 59.5. The number of hydrogen-bond acceptors (Lipinski definition) is 4. The van der Waals surface area contributed by atoms with E-state index in [1.54, 1.807) is 36.0 Å². The van der Waals surface area contributed by atoms with E-state index in [2.05, 4.69) is 4.98 Å². The van der Waals surface area contributed by atoms with Crippen molar-refractivity contribution >= 4 is 17.0 Å². The van der Waals surface area contributed by atoms with Gasteiger partial charge in [0, 0.05) is 17.3 Å². The van der Waals surface area contributed by atoms with Crippen LogP contribution in [0.3, 0.4) is 0 Å². The Morgan fingerprint density at radius 3 is 2.50 bits per heavy atom. The van der Waals surface area contributed by atoms with Gasteiger partial charge in [-0.2, -0.15) is 22.1 Å². The van der Waals surface area contributed by atoms with Gasteiger partial charge in [-0.05, 0) is 62.2 Å². The van der Waals surface area contributed by atoms with Crippen LogP contribution in [0.2, 0.25) is 0 Å². The van der Waals surface area contributed by atoms with E-state index in [-0.39, 0.29) is 34.7 Å². The zero-order chi connectivity index (χ0) is 27.4. The number of hydrogen-bond donors (Lipinski definition) is 1. The normalized spacial score (nSPS) is 11.9. The topological polar surface area (TPSA) is 58.5 Å². The maximum Gasteiger partial charge on any atom is 0.417 e. The predicted octanol–water partition coefficient (Wildman–Crippen LogP) is 6.21. The highest BCUT2D eigenvalue weighted by Crippen LogP contribution is 2.40. The van der Waals surface area contributed by atoms with Gasteiger partial charge in [-0.1, -0.05) is 23.8 Å². The number of benzene rings is 2. The summed E-state index contributed by atoms with van der Waals surface area (Å²) in [5.74, 6) is -1.26. The van der Waals surface area contributed by atoms with Crippen LogP contribution in [0.1, 0.15) is 26.6 Å². The summed E-state index contributed by atoms with van der Waals surface area (Å²) in [4.78, 5) is 18.7. The zero-order valence-corrected chi connectivity index (χ0v) is 21.4. The van der Waals surface area contributed by atoms with Crippen LogP contribution in [0.25, 0.3) is 27.9 Å². The quantitative estimate of drug-likeness (QED) is 0.218. The Hall–Kier alpha value is -4.05. The minimum atomic E-state index is -4.72. The second kappa shape index (κ2) is 9.36. The molecular formula is C28H22F4N3O2S+. The molecule has 0 bridgehead atoms. The van der Waals surface area contributed by atoms with Crippen LogP contribution in [-0.4, -0.2) is 14.5 Å². The van der Waals surface area contributed by atoms with Gasteiger partial charge >= 0.3 is 11.7 Å². The van der Waals surface area contributed by atoms with Crippen molar-refractivity contribution in [3.63, 3.8) is 0 Å². The van der Waals surface area contributed by atoms with E-state index in [4.69, 9.17) is 0 Å². The first-order chi connectivity index (χ1) is 18.0. The van der Waals surface area contributed by atoms with Gasteiger partial charge in [-0.15, -0.1) is 11.3 Å². The maximum absolute atomic E-state index is 15.0. The Morgan fingerprint density at radius 1 is 1.05 bits per heavy atom. The monoisotopic (exact) mass is 540 g/mol. The molecule has 5 rings (SSSR count). The summed E-state index contributed by atoms with van der Waals surface area (Å²) in [6.07, 6.45) is -1.49. The van der Waals surface area contributed by atoms with Crippen molar-refractivity contribution in [1.82, 2.24) is 9.38 Å². The molecule has 3 aromatic heterocycles. The molecule has 194 valence electrons. The van der Waals surface area contributed by atoms with Crippen molar-refractivity contribution in [1.29, 1.82) is 0 Å². The second-order valence-corrected chi connectivity index (χ2v) is 10.4. The highest BCUT2D eigenvalue weighted by molar-refractivity contribution is 7.11. The first kappa shape index (κ1) is 25.6. The van der Waals surface area contributed by atoms with Gasteiger partial charge in [0.2, 0.25) is 0 Å². The Morgan fingerprint density at radius 2 is 1.82 bits per heavy atom. The smallest absolute Gasteiger partial charge is 0.417 e. The molecule has 0 saturated heterocycles. The number of rotatable bonds is 4. The molecule has 0 aliphatic rings. The number of nitrogens with zero attached hydrogens (tertiary/aromatic N) is 3. The lowest BCUT2D eigenvalue weighted by atomic mass is 9.94. The molecule has 0 amide bonds. The molecule has 0 spiro atoms. The molecule has 2 aromatic carbocycles. The fraction of sp³-hybridized carbons (Fsp3) is 0.179. The fourth-order valence-corrected chi connectivity index (χ4v) is 5.40. The van der Waals surface area contributed by atoms with Crippen molar-refractivity contribution < 1.29 is 27.2 Å². The van der Waals surface area contributed by atoms with Crippen LogP contribution >= 0.6 is 11.3 Å².